The van der Waals surface area contributed by atoms with E-state index in [2.05, 4.69) is 10.3 Å². The number of carbonyl (C=O) groups is 1. The van der Waals surface area contributed by atoms with Crippen molar-refractivity contribution in [3.8, 4) is 0 Å². The molecule has 1 amide bonds. The molecule has 2 aromatic carbocycles. The summed E-state index contributed by atoms with van der Waals surface area (Å²) in [5.74, 6) is 0.372. The number of hydrogen-bond donors (Lipinski definition) is 1. The van der Waals surface area contributed by atoms with Gasteiger partial charge in [0.25, 0.3) is 5.91 Å². The molecule has 0 saturated heterocycles. The standard InChI is InChI=1S/C19H18F3N3OS/c1-3-25-16-7-5-4-6-15(16)24-17(25)12(2)23-18(26)13-8-10-14(11-9-13)27-19(20,21)22/h4-12H,3H2,1-2H3,(H,23,26). The van der Waals surface area contributed by atoms with Crippen molar-refractivity contribution in [1.82, 2.24) is 14.9 Å². The van der Waals surface area contributed by atoms with Crippen molar-refractivity contribution in [2.45, 2.75) is 36.8 Å². The van der Waals surface area contributed by atoms with Gasteiger partial charge in [-0.15, -0.1) is 0 Å². The molecule has 0 saturated carbocycles. The predicted molar refractivity (Wildman–Crippen MR) is 99.6 cm³/mol. The van der Waals surface area contributed by atoms with E-state index in [-0.39, 0.29) is 28.6 Å². The number of benzene rings is 2. The van der Waals surface area contributed by atoms with Gasteiger partial charge < -0.3 is 9.88 Å². The normalized spacial score (nSPS) is 12.9. The molecule has 1 unspecified atom stereocenters. The number of aromatic nitrogens is 2. The van der Waals surface area contributed by atoms with Crippen LogP contribution in [-0.4, -0.2) is 21.0 Å². The van der Waals surface area contributed by atoms with Gasteiger partial charge in [-0.05, 0) is 62.0 Å². The van der Waals surface area contributed by atoms with Crippen molar-refractivity contribution in [2.75, 3.05) is 0 Å². The summed E-state index contributed by atoms with van der Waals surface area (Å²) < 4.78 is 39.2. The van der Waals surface area contributed by atoms with Gasteiger partial charge >= 0.3 is 5.51 Å². The van der Waals surface area contributed by atoms with Gasteiger partial charge in [0.1, 0.15) is 5.82 Å². The van der Waals surface area contributed by atoms with E-state index in [1.165, 1.54) is 24.3 Å². The number of nitrogens with zero attached hydrogens (tertiary/aromatic N) is 2. The van der Waals surface area contributed by atoms with E-state index in [1.807, 2.05) is 42.7 Å². The Hall–Kier alpha value is -2.48. The molecular formula is C19H18F3N3OS. The average molecular weight is 393 g/mol. The molecule has 0 radical (unpaired) electrons. The number of aryl methyl sites for hydroxylation is 1. The van der Waals surface area contributed by atoms with Crippen LogP contribution in [0.1, 0.15) is 36.1 Å². The van der Waals surface area contributed by atoms with Crippen LogP contribution >= 0.6 is 11.8 Å². The van der Waals surface area contributed by atoms with E-state index in [1.54, 1.807) is 0 Å². The number of fused-ring (bicyclic) bond motifs is 1. The maximum Gasteiger partial charge on any atom is 0.446 e. The lowest BCUT2D eigenvalue weighted by Gasteiger charge is -2.15. The molecule has 27 heavy (non-hydrogen) atoms. The maximum absolute atomic E-state index is 12.5. The number of alkyl halides is 3. The summed E-state index contributed by atoms with van der Waals surface area (Å²) in [6, 6.07) is 12.7. The Bertz CT molecular complexity index is 951. The quantitative estimate of drug-likeness (QED) is 0.609. The van der Waals surface area contributed by atoms with Gasteiger partial charge in [-0.2, -0.15) is 13.2 Å². The maximum atomic E-state index is 12.5. The minimum atomic E-state index is -4.35. The lowest BCUT2D eigenvalue weighted by Crippen LogP contribution is -2.28. The lowest BCUT2D eigenvalue weighted by molar-refractivity contribution is -0.0328. The van der Waals surface area contributed by atoms with Gasteiger partial charge in [0.15, 0.2) is 0 Å². The van der Waals surface area contributed by atoms with Crippen LogP contribution in [0.2, 0.25) is 0 Å². The van der Waals surface area contributed by atoms with Crippen LogP contribution in [0.5, 0.6) is 0 Å². The van der Waals surface area contributed by atoms with Crippen LogP contribution < -0.4 is 5.32 Å². The van der Waals surface area contributed by atoms with Crippen LogP contribution in [0.4, 0.5) is 13.2 Å². The van der Waals surface area contributed by atoms with Crippen LogP contribution in [0.15, 0.2) is 53.4 Å². The molecule has 3 aromatic rings. The SMILES string of the molecule is CCn1c(C(C)NC(=O)c2ccc(SC(F)(F)F)cc2)nc2ccccc21. The lowest BCUT2D eigenvalue weighted by atomic mass is 10.2. The predicted octanol–water partition coefficient (Wildman–Crippen LogP) is 5.16. The molecule has 4 nitrogen and oxygen atoms in total. The van der Waals surface area contributed by atoms with Crippen LogP contribution in [0.25, 0.3) is 11.0 Å². The van der Waals surface area contributed by atoms with Crippen molar-refractivity contribution >= 4 is 28.7 Å². The minimum Gasteiger partial charge on any atom is -0.342 e. The molecule has 1 N–H and O–H groups in total. The second kappa shape index (κ2) is 7.64. The number of hydrogen-bond acceptors (Lipinski definition) is 3. The molecular weight excluding hydrogens is 375 g/mol. The molecule has 3 rings (SSSR count). The molecule has 0 fully saturated rings. The fourth-order valence-corrected chi connectivity index (χ4v) is 3.45. The summed E-state index contributed by atoms with van der Waals surface area (Å²) in [4.78, 5) is 17.1. The Balaban J connectivity index is 1.76. The van der Waals surface area contributed by atoms with Crippen molar-refractivity contribution in [3.63, 3.8) is 0 Å². The van der Waals surface area contributed by atoms with Gasteiger partial charge in [-0.3, -0.25) is 4.79 Å². The van der Waals surface area contributed by atoms with E-state index in [0.717, 1.165) is 16.9 Å². The number of carbonyl (C=O) groups excluding carboxylic acids is 1. The number of para-hydroxylation sites is 2. The first kappa shape index (κ1) is 19.3. The second-order valence-electron chi connectivity index (χ2n) is 5.97. The smallest absolute Gasteiger partial charge is 0.342 e. The third kappa shape index (κ3) is 4.44. The number of halogens is 3. The van der Waals surface area contributed by atoms with Gasteiger partial charge in [0.2, 0.25) is 0 Å². The molecule has 0 aliphatic carbocycles. The van der Waals surface area contributed by atoms with Gasteiger partial charge in [0, 0.05) is 17.0 Å². The molecule has 8 heteroatoms. The zero-order valence-electron chi connectivity index (χ0n) is 14.7. The number of thioether (sulfide) groups is 1. The zero-order chi connectivity index (χ0) is 19.6. The Morgan fingerprint density at radius 1 is 1.19 bits per heavy atom. The number of nitrogens with one attached hydrogen (secondary N) is 1. The summed E-state index contributed by atoms with van der Waals surface area (Å²) in [5.41, 5.74) is -2.21. The first-order chi connectivity index (χ1) is 12.8. The Morgan fingerprint density at radius 3 is 2.48 bits per heavy atom. The highest BCUT2D eigenvalue weighted by atomic mass is 32.2. The monoisotopic (exact) mass is 393 g/mol. The third-order valence-corrected chi connectivity index (χ3v) is 4.82. The van der Waals surface area contributed by atoms with E-state index in [9.17, 15) is 18.0 Å². The highest BCUT2D eigenvalue weighted by Crippen LogP contribution is 2.36. The van der Waals surface area contributed by atoms with Crippen LogP contribution in [-0.2, 0) is 6.54 Å². The molecule has 1 atom stereocenters. The summed E-state index contributed by atoms with van der Waals surface area (Å²) in [6.45, 7) is 4.54. The molecule has 0 aliphatic rings. The summed E-state index contributed by atoms with van der Waals surface area (Å²) >= 11 is -0.206. The second-order valence-corrected chi connectivity index (χ2v) is 7.11. The number of amides is 1. The third-order valence-electron chi connectivity index (χ3n) is 4.09. The number of rotatable bonds is 5. The fraction of sp³-hybridized carbons (Fsp3) is 0.263. The first-order valence-electron chi connectivity index (χ1n) is 8.40. The molecule has 0 spiro atoms. The summed E-state index contributed by atoms with van der Waals surface area (Å²) in [5, 5.41) is 2.86. The molecule has 1 aromatic heterocycles. The van der Waals surface area contributed by atoms with Gasteiger partial charge in [-0.1, -0.05) is 12.1 Å². The molecule has 0 aliphatic heterocycles. The van der Waals surface area contributed by atoms with Crippen LogP contribution in [0, 0.1) is 0 Å². The molecule has 142 valence electrons. The van der Waals surface area contributed by atoms with Gasteiger partial charge in [-0.25, -0.2) is 4.98 Å². The fourth-order valence-electron chi connectivity index (χ4n) is 2.91. The molecule has 0 bridgehead atoms. The highest BCUT2D eigenvalue weighted by molar-refractivity contribution is 8.00. The van der Waals surface area contributed by atoms with Gasteiger partial charge in [0.05, 0.1) is 17.1 Å². The summed E-state index contributed by atoms with van der Waals surface area (Å²) in [6.07, 6.45) is 0. The Morgan fingerprint density at radius 2 is 1.85 bits per heavy atom. The minimum absolute atomic E-state index is 0.0416. The van der Waals surface area contributed by atoms with Crippen molar-refractivity contribution < 1.29 is 18.0 Å². The molecule has 1 heterocycles. The largest absolute Gasteiger partial charge is 0.446 e. The van der Waals surface area contributed by atoms with E-state index in [0.29, 0.717) is 12.1 Å². The van der Waals surface area contributed by atoms with Crippen LogP contribution in [0.3, 0.4) is 0 Å². The average Bonchev–Trinajstić information content (AvgIpc) is 2.99. The van der Waals surface area contributed by atoms with Crippen molar-refractivity contribution in [3.05, 3.63) is 59.9 Å². The highest BCUT2D eigenvalue weighted by Gasteiger charge is 2.29. The number of imidazole rings is 1. The van der Waals surface area contributed by atoms with Crippen molar-refractivity contribution in [2.24, 2.45) is 0 Å². The van der Waals surface area contributed by atoms with E-state index >= 15 is 0 Å². The first-order valence-corrected chi connectivity index (χ1v) is 9.22. The topological polar surface area (TPSA) is 46.9 Å². The van der Waals surface area contributed by atoms with E-state index in [4.69, 9.17) is 0 Å². The van der Waals surface area contributed by atoms with Crippen molar-refractivity contribution in [1.29, 1.82) is 0 Å². The summed E-state index contributed by atoms with van der Waals surface area (Å²) in [7, 11) is 0. The Labute approximate surface area is 158 Å². The van der Waals surface area contributed by atoms with E-state index < -0.39 is 5.51 Å². The zero-order valence-corrected chi connectivity index (χ0v) is 15.6. The Kier molecular flexibility index (Phi) is 5.46.